The minimum atomic E-state index is -3.94. The summed E-state index contributed by atoms with van der Waals surface area (Å²) in [5.41, 5.74) is 0.642. The van der Waals surface area contributed by atoms with Crippen molar-refractivity contribution in [3.63, 3.8) is 0 Å². The number of amides is 2. The molecule has 1 atom stereocenters. The first-order chi connectivity index (χ1) is 16.5. The van der Waals surface area contributed by atoms with Gasteiger partial charge in [0.15, 0.2) is 0 Å². The highest BCUT2D eigenvalue weighted by molar-refractivity contribution is 7.92. The monoisotopic (exact) mass is 545 g/mol. The van der Waals surface area contributed by atoms with Gasteiger partial charge >= 0.3 is 0 Å². The summed E-state index contributed by atoms with van der Waals surface area (Å²) in [5, 5.41) is 2.96. The Kier molecular flexibility index (Phi) is 10.8. The van der Waals surface area contributed by atoms with Crippen LogP contribution in [0.4, 0.5) is 10.1 Å². The number of rotatable bonds is 12. The summed E-state index contributed by atoms with van der Waals surface area (Å²) in [5.74, 6) is -1.40. The Morgan fingerprint density at radius 2 is 1.74 bits per heavy atom. The molecule has 0 fully saturated rings. The van der Waals surface area contributed by atoms with Crippen LogP contribution in [0.5, 0.6) is 0 Å². The lowest BCUT2D eigenvalue weighted by atomic mass is 10.1. The first-order valence-electron chi connectivity index (χ1n) is 11.2. The smallest absolute Gasteiger partial charge is 0.244 e. The van der Waals surface area contributed by atoms with Gasteiger partial charge in [0.05, 0.1) is 22.0 Å². The predicted molar refractivity (Wildman–Crippen MR) is 138 cm³/mol. The number of benzene rings is 2. The number of hydrogen-bond acceptors (Lipinski definition) is 4. The van der Waals surface area contributed by atoms with E-state index in [4.69, 9.17) is 23.2 Å². The molecule has 11 heteroatoms. The van der Waals surface area contributed by atoms with Crippen molar-refractivity contribution in [3.8, 4) is 0 Å². The molecule has 0 aliphatic heterocycles. The number of halogens is 3. The highest BCUT2D eigenvalue weighted by Crippen LogP contribution is 2.33. The van der Waals surface area contributed by atoms with Crippen molar-refractivity contribution in [3.05, 3.63) is 63.9 Å². The number of nitrogens with zero attached hydrogens (tertiary/aromatic N) is 2. The van der Waals surface area contributed by atoms with Gasteiger partial charge < -0.3 is 10.2 Å². The molecule has 2 rings (SSSR count). The van der Waals surface area contributed by atoms with Gasteiger partial charge in [0, 0.05) is 13.1 Å². The quantitative estimate of drug-likeness (QED) is 0.394. The summed E-state index contributed by atoms with van der Waals surface area (Å²) in [6, 6.07) is 9.16. The van der Waals surface area contributed by atoms with Crippen molar-refractivity contribution in [2.45, 2.75) is 45.7 Å². The number of carbonyl (C=O) groups is 2. The zero-order valence-corrected chi connectivity index (χ0v) is 22.3. The van der Waals surface area contributed by atoms with Crippen molar-refractivity contribution in [1.29, 1.82) is 0 Å². The molecule has 2 aromatic rings. The first kappa shape index (κ1) is 28.9. The summed E-state index contributed by atoms with van der Waals surface area (Å²) in [4.78, 5) is 27.8. The minimum absolute atomic E-state index is 0.0122. The van der Waals surface area contributed by atoms with Crippen LogP contribution >= 0.6 is 23.2 Å². The van der Waals surface area contributed by atoms with E-state index in [1.54, 1.807) is 6.92 Å². The second-order valence-electron chi connectivity index (χ2n) is 8.06. The lowest BCUT2D eigenvalue weighted by molar-refractivity contribution is -0.140. The van der Waals surface area contributed by atoms with E-state index < -0.39 is 34.3 Å². The van der Waals surface area contributed by atoms with E-state index in [1.165, 1.54) is 47.4 Å². The summed E-state index contributed by atoms with van der Waals surface area (Å²) >= 11 is 12.3. The molecule has 0 heterocycles. The van der Waals surface area contributed by atoms with Crippen molar-refractivity contribution in [2.24, 2.45) is 0 Å². The fourth-order valence-corrected chi connectivity index (χ4v) is 4.79. The van der Waals surface area contributed by atoms with Crippen molar-refractivity contribution >= 4 is 50.7 Å². The van der Waals surface area contributed by atoms with Crippen LogP contribution in [0.3, 0.4) is 0 Å². The summed E-state index contributed by atoms with van der Waals surface area (Å²) < 4.78 is 39.6. The highest BCUT2D eigenvalue weighted by Gasteiger charge is 2.32. The Hall–Kier alpha value is -2.36. The van der Waals surface area contributed by atoms with Crippen LogP contribution in [0.25, 0.3) is 0 Å². The maximum Gasteiger partial charge on any atom is 0.244 e. The van der Waals surface area contributed by atoms with Gasteiger partial charge in [-0.3, -0.25) is 13.9 Å². The van der Waals surface area contributed by atoms with Crippen LogP contribution in [0.2, 0.25) is 10.0 Å². The van der Waals surface area contributed by atoms with E-state index in [9.17, 15) is 22.4 Å². The molecular weight excluding hydrogens is 516 g/mol. The van der Waals surface area contributed by atoms with Crippen LogP contribution in [-0.2, 0) is 26.2 Å². The molecule has 192 valence electrons. The van der Waals surface area contributed by atoms with Crippen molar-refractivity contribution in [1.82, 2.24) is 10.2 Å². The minimum Gasteiger partial charge on any atom is -0.354 e. The second kappa shape index (κ2) is 13.1. The number of carbonyl (C=O) groups excluding carboxylic acids is 2. The lowest BCUT2D eigenvalue weighted by Crippen LogP contribution is -2.52. The van der Waals surface area contributed by atoms with E-state index >= 15 is 0 Å². The van der Waals surface area contributed by atoms with Gasteiger partial charge in [0.25, 0.3) is 0 Å². The molecule has 0 saturated carbocycles. The Bertz CT molecular complexity index is 1130. The van der Waals surface area contributed by atoms with E-state index in [0.29, 0.717) is 18.5 Å². The van der Waals surface area contributed by atoms with Crippen LogP contribution in [-0.4, -0.2) is 50.5 Å². The van der Waals surface area contributed by atoms with Gasteiger partial charge in [0.2, 0.25) is 21.8 Å². The lowest BCUT2D eigenvalue weighted by Gasteiger charge is -2.33. The molecule has 35 heavy (non-hydrogen) atoms. The van der Waals surface area contributed by atoms with Gasteiger partial charge in [-0.25, -0.2) is 12.8 Å². The number of hydrogen-bond donors (Lipinski definition) is 1. The summed E-state index contributed by atoms with van der Waals surface area (Å²) in [6.07, 6.45) is 2.92. The molecule has 0 spiro atoms. The summed E-state index contributed by atoms with van der Waals surface area (Å²) in [6.45, 7) is 3.60. The number of unbranched alkanes of at least 4 members (excludes halogenated alkanes) is 1. The zero-order chi connectivity index (χ0) is 26.2. The number of sulfonamides is 1. The zero-order valence-electron chi connectivity index (χ0n) is 19.9. The van der Waals surface area contributed by atoms with Crippen LogP contribution in [0, 0.1) is 5.82 Å². The number of anilines is 1. The van der Waals surface area contributed by atoms with E-state index in [0.717, 1.165) is 23.4 Å². The normalized spacial score (nSPS) is 12.2. The first-order valence-corrected chi connectivity index (χ1v) is 13.8. The molecule has 0 unspecified atom stereocenters. The molecule has 0 aromatic heterocycles. The molecule has 7 nitrogen and oxygen atoms in total. The Morgan fingerprint density at radius 3 is 2.31 bits per heavy atom. The maximum absolute atomic E-state index is 13.6. The molecule has 2 amide bonds. The van der Waals surface area contributed by atoms with Crippen LogP contribution < -0.4 is 9.62 Å². The SMILES string of the molecule is CCCCNC(=O)[C@@H](CC)N(Cc1ccc(F)cc1)C(=O)CN(c1cccc(Cl)c1Cl)S(C)(=O)=O. The largest absolute Gasteiger partial charge is 0.354 e. The molecule has 2 aromatic carbocycles. The average molecular weight is 546 g/mol. The molecule has 0 aliphatic rings. The third kappa shape index (κ3) is 8.08. The predicted octanol–water partition coefficient (Wildman–Crippen LogP) is 4.62. The molecule has 0 aliphatic carbocycles. The second-order valence-corrected chi connectivity index (χ2v) is 10.8. The molecule has 0 bridgehead atoms. The Balaban J connectivity index is 2.43. The van der Waals surface area contributed by atoms with Crippen LogP contribution in [0.15, 0.2) is 42.5 Å². The maximum atomic E-state index is 13.6. The highest BCUT2D eigenvalue weighted by atomic mass is 35.5. The van der Waals surface area contributed by atoms with Crippen molar-refractivity contribution < 1.29 is 22.4 Å². The van der Waals surface area contributed by atoms with Gasteiger partial charge in [-0.1, -0.05) is 61.7 Å². The Morgan fingerprint density at radius 1 is 1.09 bits per heavy atom. The van der Waals surface area contributed by atoms with Gasteiger partial charge in [0.1, 0.15) is 18.4 Å². The van der Waals surface area contributed by atoms with E-state index in [2.05, 4.69) is 5.32 Å². The molecule has 0 saturated heterocycles. The van der Waals surface area contributed by atoms with Gasteiger partial charge in [-0.15, -0.1) is 0 Å². The third-order valence-corrected chi connectivity index (χ3v) is 7.30. The standard InChI is InChI=1S/C24H30Cl2FN3O4S/c1-4-6-14-28-24(32)20(5-2)29(15-17-10-12-18(27)13-11-17)22(31)16-30(35(3,33)34)21-9-7-8-19(25)23(21)26/h7-13,20H,4-6,14-16H2,1-3H3,(H,28,32)/t20-/m1/s1. The van der Waals surface area contributed by atoms with E-state index in [-0.39, 0.29) is 28.2 Å². The molecule has 1 N–H and O–H groups in total. The fourth-order valence-electron chi connectivity index (χ4n) is 3.49. The summed E-state index contributed by atoms with van der Waals surface area (Å²) in [7, 11) is -3.94. The number of nitrogens with one attached hydrogen (secondary N) is 1. The average Bonchev–Trinajstić information content (AvgIpc) is 2.80. The molecular formula is C24H30Cl2FN3O4S. The Labute approximate surface area is 216 Å². The topological polar surface area (TPSA) is 86.8 Å². The van der Waals surface area contributed by atoms with Gasteiger partial charge in [-0.2, -0.15) is 0 Å². The van der Waals surface area contributed by atoms with Gasteiger partial charge in [-0.05, 0) is 42.7 Å². The van der Waals surface area contributed by atoms with E-state index in [1.807, 2.05) is 6.92 Å². The molecule has 0 radical (unpaired) electrons. The van der Waals surface area contributed by atoms with Crippen molar-refractivity contribution in [2.75, 3.05) is 23.7 Å². The van der Waals surface area contributed by atoms with Crippen LogP contribution in [0.1, 0.15) is 38.7 Å². The third-order valence-electron chi connectivity index (χ3n) is 5.36. The fraction of sp³-hybridized carbons (Fsp3) is 0.417.